The van der Waals surface area contributed by atoms with Gasteiger partial charge in [-0.05, 0) is 30.3 Å². The Morgan fingerprint density at radius 1 is 1.23 bits per heavy atom. The standard InChI is InChI=1S/C15H10BrN3O2S/c16-8-5-6-11-10(7-8)15(14(21)17-11)19-18-13(22-15)9-3-1-2-4-12(9)20/h1-7,19-20H,(H,17,21)/t15-/m0/s1. The number of carbonyl (C=O) groups is 1. The summed E-state index contributed by atoms with van der Waals surface area (Å²) in [6.45, 7) is 0. The molecule has 0 saturated carbocycles. The van der Waals surface area contributed by atoms with Crippen molar-refractivity contribution >= 4 is 44.3 Å². The van der Waals surface area contributed by atoms with E-state index in [4.69, 9.17) is 0 Å². The van der Waals surface area contributed by atoms with Gasteiger partial charge in [0.1, 0.15) is 10.8 Å². The Hall–Kier alpha value is -1.99. The van der Waals surface area contributed by atoms with Crippen molar-refractivity contribution < 1.29 is 9.90 Å². The number of rotatable bonds is 1. The van der Waals surface area contributed by atoms with Crippen LogP contribution in [0.25, 0.3) is 0 Å². The smallest absolute Gasteiger partial charge is 0.267 e. The number of hydrogen-bond donors (Lipinski definition) is 3. The first-order chi connectivity index (χ1) is 10.6. The van der Waals surface area contributed by atoms with Crippen LogP contribution in [0.4, 0.5) is 5.69 Å². The summed E-state index contributed by atoms with van der Waals surface area (Å²) < 4.78 is 0.889. The van der Waals surface area contributed by atoms with Gasteiger partial charge in [0.25, 0.3) is 5.91 Å². The van der Waals surface area contributed by atoms with Crippen LogP contribution in [0, 0.1) is 0 Å². The molecule has 2 aliphatic heterocycles. The number of anilines is 1. The Balaban J connectivity index is 1.77. The molecule has 2 aliphatic rings. The summed E-state index contributed by atoms with van der Waals surface area (Å²) in [7, 11) is 0. The van der Waals surface area contributed by atoms with Crippen molar-refractivity contribution in [1.82, 2.24) is 5.43 Å². The summed E-state index contributed by atoms with van der Waals surface area (Å²) in [5.41, 5.74) is 5.14. The second-order valence-electron chi connectivity index (χ2n) is 4.97. The molecule has 1 spiro atoms. The number of nitrogens with zero attached hydrogens (tertiary/aromatic N) is 1. The fraction of sp³-hybridized carbons (Fsp3) is 0.0667. The van der Waals surface area contributed by atoms with Crippen LogP contribution in [-0.4, -0.2) is 16.1 Å². The van der Waals surface area contributed by atoms with Crippen molar-refractivity contribution in [2.75, 3.05) is 5.32 Å². The number of fused-ring (bicyclic) bond motifs is 2. The van der Waals surface area contributed by atoms with E-state index in [-0.39, 0.29) is 11.7 Å². The first-order valence-corrected chi connectivity index (χ1v) is 8.15. The van der Waals surface area contributed by atoms with Crippen molar-refractivity contribution in [3.05, 3.63) is 58.1 Å². The molecule has 22 heavy (non-hydrogen) atoms. The number of halogens is 1. The molecule has 1 atom stereocenters. The lowest BCUT2D eigenvalue weighted by atomic mass is 10.1. The fourth-order valence-electron chi connectivity index (χ4n) is 2.55. The van der Waals surface area contributed by atoms with E-state index >= 15 is 0 Å². The van der Waals surface area contributed by atoms with Gasteiger partial charge in [-0.2, -0.15) is 5.10 Å². The molecule has 7 heteroatoms. The monoisotopic (exact) mass is 375 g/mol. The van der Waals surface area contributed by atoms with Crippen LogP contribution < -0.4 is 10.7 Å². The van der Waals surface area contributed by atoms with Crippen molar-refractivity contribution in [3.8, 4) is 5.75 Å². The molecule has 0 saturated heterocycles. The molecule has 0 unspecified atom stereocenters. The molecule has 2 heterocycles. The largest absolute Gasteiger partial charge is 0.507 e. The van der Waals surface area contributed by atoms with Crippen molar-refractivity contribution in [1.29, 1.82) is 0 Å². The molecule has 2 aromatic carbocycles. The van der Waals surface area contributed by atoms with Crippen LogP contribution in [0.1, 0.15) is 11.1 Å². The summed E-state index contributed by atoms with van der Waals surface area (Å²) in [4.78, 5) is 11.5. The van der Waals surface area contributed by atoms with Crippen LogP contribution in [-0.2, 0) is 9.67 Å². The molecule has 0 bridgehead atoms. The topological polar surface area (TPSA) is 73.7 Å². The maximum Gasteiger partial charge on any atom is 0.267 e. The third-order valence-electron chi connectivity index (χ3n) is 3.63. The van der Waals surface area contributed by atoms with Crippen molar-refractivity contribution in [2.45, 2.75) is 4.87 Å². The third kappa shape index (κ3) is 1.85. The Labute approximate surface area is 138 Å². The van der Waals surface area contributed by atoms with Crippen LogP contribution in [0.15, 0.2) is 52.0 Å². The van der Waals surface area contributed by atoms with Gasteiger partial charge >= 0.3 is 0 Å². The summed E-state index contributed by atoms with van der Waals surface area (Å²) in [5.74, 6) is -0.0276. The van der Waals surface area contributed by atoms with Gasteiger partial charge in [0, 0.05) is 15.7 Å². The quantitative estimate of drug-likeness (QED) is 0.716. The summed E-state index contributed by atoms with van der Waals surface area (Å²) in [6, 6.07) is 12.6. The molecular formula is C15H10BrN3O2S. The summed E-state index contributed by atoms with van der Waals surface area (Å²) >= 11 is 4.73. The van der Waals surface area contributed by atoms with Crippen LogP contribution >= 0.6 is 27.7 Å². The van der Waals surface area contributed by atoms with Gasteiger partial charge in [-0.15, -0.1) is 0 Å². The molecular weight excluding hydrogens is 366 g/mol. The summed E-state index contributed by atoms with van der Waals surface area (Å²) in [5, 5.41) is 17.7. The number of aromatic hydroxyl groups is 1. The molecule has 1 amide bonds. The Bertz CT molecular complexity index is 839. The van der Waals surface area contributed by atoms with Gasteiger partial charge in [-0.1, -0.05) is 39.8 Å². The molecule has 0 radical (unpaired) electrons. The molecule has 3 N–H and O–H groups in total. The first kappa shape index (κ1) is 13.7. The lowest BCUT2D eigenvalue weighted by Crippen LogP contribution is -2.39. The maximum atomic E-state index is 12.5. The average molecular weight is 376 g/mol. The first-order valence-electron chi connectivity index (χ1n) is 6.54. The predicted octanol–water partition coefficient (Wildman–Crippen LogP) is 2.96. The van der Waals surface area contributed by atoms with E-state index in [9.17, 15) is 9.90 Å². The molecule has 0 aliphatic carbocycles. The maximum absolute atomic E-state index is 12.5. The lowest BCUT2D eigenvalue weighted by molar-refractivity contribution is -0.118. The van der Waals surface area contributed by atoms with Gasteiger partial charge in [-0.3, -0.25) is 10.2 Å². The number of hydrazone groups is 1. The van der Waals surface area contributed by atoms with Crippen LogP contribution in [0.3, 0.4) is 0 Å². The number of phenolic OH excluding ortho intramolecular Hbond substituents is 1. The number of carbonyl (C=O) groups excluding carboxylic acids is 1. The molecule has 2 aromatic rings. The van der Waals surface area contributed by atoms with Gasteiger partial charge < -0.3 is 10.4 Å². The van der Waals surface area contributed by atoms with E-state index in [1.165, 1.54) is 11.8 Å². The third-order valence-corrected chi connectivity index (χ3v) is 5.43. The van der Waals surface area contributed by atoms with Gasteiger partial charge in [0.2, 0.25) is 4.87 Å². The van der Waals surface area contributed by atoms with Gasteiger partial charge in [0.15, 0.2) is 0 Å². The zero-order valence-electron chi connectivity index (χ0n) is 11.1. The zero-order chi connectivity index (χ0) is 15.3. The fourth-order valence-corrected chi connectivity index (χ4v) is 4.09. The minimum atomic E-state index is -0.989. The highest BCUT2D eigenvalue weighted by molar-refractivity contribution is 9.10. The molecule has 110 valence electrons. The van der Waals surface area contributed by atoms with Crippen molar-refractivity contribution in [3.63, 3.8) is 0 Å². The minimum absolute atomic E-state index is 0.139. The molecule has 0 aromatic heterocycles. The second-order valence-corrected chi connectivity index (χ2v) is 7.09. The Morgan fingerprint density at radius 2 is 2.05 bits per heavy atom. The lowest BCUT2D eigenvalue weighted by Gasteiger charge is -2.20. The van der Waals surface area contributed by atoms with Gasteiger partial charge in [-0.25, -0.2) is 0 Å². The van der Waals surface area contributed by atoms with Crippen LogP contribution in [0.2, 0.25) is 0 Å². The summed E-state index contributed by atoms with van der Waals surface area (Å²) in [6.07, 6.45) is 0. The number of para-hydroxylation sites is 1. The van der Waals surface area contributed by atoms with E-state index in [1.54, 1.807) is 18.2 Å². The highest BCUT2D eigenvalue weighted by Crippen LogP contribution is 2.49. The highest BCUT2D eigenvalue weighted by Gasteiger charge is 2.52. The number of amides is 1. The van der Waals surface area contributed by atoms with E-state index in [0.29, 0.717) is 10.6 Å². The molecule has 0 fully saturated rings. The SMILES string of the molecule is O=C1Nc2ccc(Br)cc2[C@@]12NN=C(c1ccccc1O)S2. The number of phenols is 1. The second kappa shape index (κ2) is 4.76. The van der Waals surface area contributed by atoms with E-state index in [1.807, 2.05) is 24.3 Å². The zero-order valence-corrected chi connectivity index (χ0v) is 13.5. The van der Waals surface area contributed by atoms with Crippen LogP contribution in [0.5, 0.6) is 5.75 Å². The van der Waals surface area contributed by atoms with E-state index in [2.05, 4.69) is 31.8 Å². The Kier molecular flexibility index (Phi) is 2.95. The van der Waals surface area contributed by atoms with E-state index in [0.717, 1.165) is 15.7 Å². The van der Waals surface area contributed by atoms with Gasteiger partial charge in [0.05, 0.1) is 5.56 Å². The molecule has 4 rings (SSSR count). The van der Waals surface area contributed by atoms with E-state index < -0.39 is 4.87 Å². The minimum Gasteiger partial charge on any atom is -0.507 e. The van der Waals surface area contributed by atoms with Crippen molar-refractivity contribution in [2.24, 2.45) is 5.10 Å². The number of hydrogen-bond acceptors (Lipinski definition) is 5. The number of thioether (sulfide) groups is 1. The Morgan fingerprint density at radius 3 is 2.86 bits per heavy atom. The number of benzene rings is 2. The molecule has 5 nitrogen and oxygen atoms in total. The highest BCUT2D eigenvalue weighted by atomic mass is 79.9. The average Bonchev–Trinajstić information content (AvgIpc) is 3.05. The number of nitrogens with one attached hydrogen (secondary N) is 2. The predicted molar refractivity (Wildman–Crippen MR) is 89.8 cm³/mol. The normalized spacial score (nSPS) is 22.2.